The highest BCUT2D eigenvalue weighted by Crippen LogP contribution is 2.44. The molecule has 2 aliphatic heterocycles. The Kier molecular flexibility index (Phi) is 7.85. The lowest BCUT2D eigenvalue weighted by atomic mass is 9.86. The van der Waals surface area contributed by atoms with E-state index in [4.69, 9.17) is 14.5 Å². The first-order chi connectivity index (χ1) is 21.8. The second-order valence-electron chi connectivity index (χ2n) is 13.4. The average Bonchev–Trinajstić information content (AvgIpc) is 3.39. The van der Waals surface area contributed by atoms with Crippen molar-refractivity contribution in [1.82, 2.24) is 14.5 Å². The van der Waals surface area contributed by atoms with Crippen molar-refractivity contribution in [1.29, 1.82) is 0 Å². The Labute approximate surface area is 269 Å². The minimum atomic E-state index is -1.87. The molecule has 0 aliphatic carbocycles. The van der Waals surface area contributed by atoms with Crippen molar-refractivity contribution in [2.45, 2.75) is 64.5 Å². The molecule has 0 saturated carbocycles. The van der Waals surface area contributed by atoms with Gasteiger partial charge in [-0.2, -0.15) is 0 Å². The van der Waals surface area contributed by atoms with Crippen LogP contribution in [0.4, 0.5) is 11.4 Å². The summed E-state index contributed by atoms with van der Waals surface area (Å²) in [6.45, 7) is 6.70. The molecule has 0 amide bonds. The van der Waals surface area contributed by atoms with Gasteiger partial charge in [0.15, 0.2) is 5.60 Å². The standard InChI is InChI=1S/C36H43N5O5/c1-9-36(44)27-15-29-31-22(18-41(29)33(42)26(27)20-46-34(36)43)14-24-25(17-35(2,3)40(7)8)32(30(39(5)6)16-28(24)38-31)45-19-21-10-12-23(37-4)13-11-21/h10-16,37,44H,9,17-20H2,1-8H3/t36-/m0/s1. The molecule has 10 heteroatoms. The van der Waals surface area contributed by atoms with Gasteiger partial charge in [-0.15, -0.1) is 0 Å². The Balaban J connectivity index is 1.54. The molecule has 0 radical (unpaired) electrons. The van der Waals surface area contributed by atoms with Crippen LogP contribution in [0.3, 0.4) is 0 Å². The number of carbonyl (C=O) groups excluding carboxylic acids is 1. The van der Waals surface area contributed by atoms with Gasteiger partial charge in [0.1, 0.15) is 19.0 Å². The van der Waals surface area contributed by atoms with E-state index in [-0.39, 0.29) is 24.1 Å². The molecule has 0 bridgehead atoms. The number of benzene rings is 2. The molecule has 2 aliphatic rings. The van der Waals surface area contributed by atoms with E-state index in [1.807, 2.05) is 44.2 Å². The molecule has 0 unspecified atom stereocenters. The molecule has 2 aromatic carbocycles. The smallest absolute Gasteiger partial charge is 0.343 e. The fourth-order valence-electron chi connectivity index (χ4n) is 6.34. The van der Waals surface area contributed by atoms with Gasteiger partial charge in [0, 0.05) is 54.4 Å². The van der Waals surface area contributed by atoms with Crippen molar-refractivity contribution in [3.63, 3.8) is 0 Å². The number of anilines is 2. The number of nitrogens with one attached hydrogen (secondary N) is 1. The van der Waals surface area contributed by atoms with Crippen molar-refractivity contribution in [2.75, 3.05) is 45.5 Å². The molecule has 2 N–H and O–H groups in total. The number of esters is 1. The summed E-state index contributed by atoms with van der Waals surface area (Å²) in [6, 6.07) is 14.1. The Hall–Kier alpha value is -4.41. The highest BCUT2D eigenvalue weighted by atomic mass is 16.6. The largest absolute Gasteiger partial charge is 0.486 e. The monoisotopic (exact) mass is 625 g/mol. The molecule has 0 fully saturated rings. The quantitative estimate of drug-likeness (QED) is 0.226. The lowest BCUT2D eigenvalue weighted by Gasteiger charge is -2.34. The van der Waals surface area contributed by atoms with Crippen LogP contribution in [0.5, 0.6) is 5.75 Å². The van der Waals surface area contributed by atoms with Crippen molar-refractivity contribution in [3.05, 3.63) is 80.6 Å². The average molecular weight is 626 g/mol. The van der Waals surface area contributed by atoms with Gasteiger partial charge >= 0.3 is 5.97 Å². The van der Waals surface area contributed by atoms with Crippen LogP contribution in [0.2, 0.25) is 0 Å². The third-order valence-electron chi connectivity index (χ3n) is 9.78. The van der Waals surface area contributed by atoms with Crippen LogP contribution in [-0.2, 0) is 41.3 Å². The molecule has 4 heterocycles. The number of aliphatic hydroxyl groups is 1. The van der Waals surface area contributed by atoms with Gasteiger partial charge in [0.2, 0.25) is 0 Å². The van der Waals surface area contributed by atoms with Gasteiger partial charge in [-0.3, -0.25) is 4.79 Å². The lowest BCUT2D eigenvalue weighted by molar-refractivity contribution is -0.172. The number of hydrogen-bond acceptors (Lipinski definition) is 9. The summed E-state index contributed by atoms with van der Waals surface area (Å²) in [7, 11) is 10.0. The van der Waals surface area contributed by atoms with E-state index in [0.29, 0.717) is 42.1 Å². The number of fused-ring (bicyclic) bond motifs is 5. The van der Waals surface area contributed by atoms with Crippen molar-refractivity contribution >= 4 is 28.2 Å². The number of cyclic esters (lactones) is 1. The number of likely N-dealkylation sites (N-methyl/N-ethyl adjacent to an activating group) is 1. The van der Waals surface area contributed by atoms with E-state index in [2.05, 4.69) is 56.4 Å². The Morgan fingerprint density at radius 2 is 1.83 bits per heavy atom. The van der Waals surface area contributed by atoms with Gasteiger partial charge in [0.05, 0.1) is 34.7 Å². The second-order valence-corrected chi connectivity index (χ2v) is 13.4. The van der Waals surface area contributed by atoms with Crippen LogP contribution in [0.1, 0.15) is 55.0 Å². The molecule has 10 nitrogen and oxygen atoms in total. The van der Waals surface area contributed by atoms with Crippen molar-refractivity contribution in [2.24, 2.45) is 0 Å². The van der Waals surface area contributed by atoms with E-state index in [9.17, 15) is 14.7 Å². The third-order valence-corrected chi connectivity index (χ3v) is 9.78. The summed E-state index contributed by atoms with van der Waals surface area (Å²) in [5.41, 5.74) is 5.26. The van der Waals surface area contributed by atoms with E-state index < -0.39 is 11.6 Å². The maximum absolute atomic E-state index is 13.8. The van der Waals surface area contributed by atoms with Crippen molar-refractivity contribution < 1.29 is 19.4 Å². The summed E-state index contributed by atoms with van der Waals surface area (Å²) in [4.78, 5) is 35.8. The summed E-state index contributed by atoms with van der Waals surface area (Å²) >= 11 is 0. The molecule has 0 saturated heterocycles. The van der Waals surface area contributed by atoms with Crippen LogP contribution in [0.15, 0.2) is 47.3 Å². The summed E-state index contributed by atoms with van der Waals surface area (Å²) in [5.74, 6) is 0.0736. The number of ether oxygens (including phenoxy) is 2. The SMILES string of the molecule is CC[C@@]1(O)C(=O)OCc2c1cc1n(c2=O)Cc2cc3c(CC(C)(C)N(C)C)c(OCc4ccc(NC)cc4)c(N(C)C)cc3nc2-1. The van der Waals surface area contributed by atoms with Crippen LogP contribution < -0.4 is 20.5 Å². The highest BCUT2D eigenvalue weighted by molar-refractivity contribution is 5.93. The van der Waals surface area contributed by atoms with Gasteiger partial charge in [0.25, 0.3) is 5.56 Å². The molecule has 2 aromatic heterocycles. The van der Waals surface area contributed by atoms with Crippen LogP contribution in [0, 0.1) is 0 Å². The third kappa shape index (κ3) is 5.09. The zero-order chi connectivity index (χ0) is 33.1. The van der Waals surface area contributed by atoms with Crippen molar-refractivity contribution in [3.8, 4) is 17.1 Å². The Bertz CT molecular complexity index is 1910. The fraction of sp³-hybridized carbons (Fsp3) is 0.417. The summed E-state index contributed by atoms with van der Waals surface area (Å²) in [6.07, 6.45) is 0.788. The molecule has 4 aromatic rings. The Morgan fingerprint density at radius 1 is 1.11 bits per heavy atom. The molecule has 46 heavy (non-hydrogen) atoms. The first kappa shape index (κ1) is 31.6. The highest BCUT2D eigenvalue weighted by Gasteiger charge is 2.45. The van der Waals surface area contributed by atoms with Gasteiger partial charge in [-0.05, 0) is 76.7 Å². The van der Waals surface area contributed by atoms with E-state index in [0.717, 1.165) is 44.7 Å². The van der Waals surface area contributed by atoms with E-state index >= 15 is 0 Å². The number of pyridine rings is 2. The molecular formula is C36H43N5O5. The minimum Gasteiger partial charge on any atom is -0.486 e. The van der Waals surface area contributed by atoms with E-state index in [1.54, 1.807) is 17.6 Å². The molecular weight excluding hydrogens is 582 g/mol. The first-order valence-corrected chi connectivity index (χ1v) is 15.7. The predicted octanol–water partition coefficient (Wildman–Crippen LogP) is 4.65. The van der Waals surface area contributed by atoms with Gasteiger partial charge in [-0.1, -0.05) is 19.1 Å². The number of aromatic nitrogens is 2. The molecule has 1 atom stereocenters. The zero-order valence-corrected chi connectivity index (χ0v) is 27.9. The lowest BCUT2D eigenvalue weighted by Crippen LogP contribution is -2.44. The molecule has 242 valence electrons. The summed E-state index contributed by atoms with van der Waals surface area (Å²) in [5, 5.41) is 15.4. The number of hydrogen-bond donors (Lipinski definition) is 2. The van der Waals surface area contributed by atoms with Crippen LogP contribution >= 0.6 is 0 Å². The first-order valence-electron chi connectivity index (χ1n) is 15.7. The number of nitrogens with zero attached hydrogens (tertiary/aromatic N) is 4. The topological polar surface area (TPSA) is 109 Å². The zero-order valence-electron chi connectivity index (χ0n) is 27.9. The predicted molar refractivity (Wildman–Crippen MR) is 181 cm³/mol. The number of rotatable bonds is 9. The molecule has 6 rings (SSSR count). The van der Waals surface area contributed by atoms with Gasteiger partial charge in [-0.25, -0.2) is 9.78 Å². The maximum atomic E-state index is 13.8. The summed E-state index contributed by atoms with van der Waals surface area (Å²) < 4.78 is 13.6. The maximum Gasteiger partial charge on any atom is 0.343 e. The van der Waals surface area contributed by atoms with E-state index in [1.165, 1.54) is 0 Å². The van der Waals surface area contributed by atoms with Crippen LogP contribution in [-0.4, -0.2) is 66.3 Å². The normalized spacial score (nSPS) is 17.0. The molecule has 0 spiro atoms. The Morgan fingerprint density at radius 3 is 2.46 bits per heavy atom. The second kappa shape index (κ2) is 11.4. The van der Waals surface area contributed by atoms with Gasteiger partial charge < -0.3 is 34.3 Å². The minimum absolute atomic E-state index is 0.0966. The van der Waals surface area contributed by atoms with Crippen LogP contribution in [0.25, 0.3) is 22.3 Å². The fourth-order valence-corrected chi connectivity index (χ4v) is 6.34. The number of carbonyl (C=O) groups is 1.